The van der Waals surface area contributed by atoms with Gasteiger partial charge in [0.1, 0.15) is 23.0 Å². The number of carbonyl (C=O) groups is 1. The first-order chi connectivity index (χ1) is 16.2. The quantitative estimate of drug-likeness (QED) is 0.598. The van der Waals surface area contributed by atoms with Crippen LogP contribution in [0.1, 0.15) is 12.0 Å². The number of aliphatic imine (C=N–C) groups is 1. The topological polar surface area (TPSA) is 66.4 Å². The van der Waals surface area contributed by atoms with Crippen molar-refractivity contribution in [3.63, 3.8) is 0 Å². The second kappa shape index (κ2) is 9.24. The zero-order valence-electron chi connectivity index (χ0n) is 18.5. The molecule has 2 amide bonds. The number of fused-ring (bicyclic) bond motifs is 2. The second-order valence-electron chi connectivity index (χ2n) is 7.96. The van der Waals surface area contributed by atoms with Gasteiger partial charge in [-0.3, -0.25) is 0 Å². The van der Waals surface area contributed by atoms with Crippen molar-refractivity contribution >= 4 is 23.2 Å². The molecule has 0 bridgehead atoms. The Morgan fingerprint density at radius 2 is 1.67 bits per heavy atom. The van der Waals surface area contributed by atoms with E-state index in [1.807, 2.05) is 77.7 Å². The van der Waals surface area contributed by atoms with E-state index in [1.165, 1.54) is 0 Å². The largest absolute Gasteiger partial charge is 0.495 e. The van der Waals surface area contributed by atoms with Gasteiger partial charge in [-0.1, -0.05) is 36.4 Å². The summed E-state index contributed by atoms with van der Waals surface area (Å²) >= 11 is 0. The van der Waals surface area contributed by atoms with Crippen molar-refractivity contribution in [3.05, 3.63) is 78.4 Å². The molecule has 5 rings (SSSR count). The maximum absolute atomic E-state index is 13.0. The Morgan fingerprint density at radius 1 is 0.909 bits per heavy atom. The highest BCUT2D eigenvalue weighted by atomic mass is 16.5. The van der Waals surface area contributed by atoms with E-state index in [2.05, 4.69) is 10.2 Å². The molecule has 0 aromatic heterocycles. The molecule has 0 spiro atoms. The van der Waals surface area contributed by atoms with Crippen molar-refractivity contribution in [3.8, 4) is 17.2 Å². The molecule has 33 heavy (non-hydrogen) atoms. The summed E-state index contributed by atoms with van der Waals surface area (Å²) in [5, 5.41) is 2.99. The number of hydrogen-bond acceptors (Lipinski definition) is 5. The molecule has 0 unspecified atom stereocenters. The number of amidine groups is 1. The fourth-order valence-electron chi connectivity index (χ4n) is 4.18. The van der Waals surface area contributed by atoms with Crippen molar-refractivity contribution in [1.29, 1.82) is 0 Å². The Morgan fingerprint density at radius 3 is 2.55 bits per heavy atom. The van der Waals surface area contributed by atoms with Gasteiger partial charge in [0.15, 0.2) is 5.75 Å². The highest BCUT2D eigenvalue weighted by Gasteiger charge is 2.26. The molecule has 1 N–H and O–H groups in total. The highest BCUT2D eigenvalue weighted by molar-refractivity contribution is 6.03. The Balaban J connectivity index is 1.36. The number of rotatable bonds is 2. The highest BCUT2D eigenvalue weighted by Crippen LogP contribution is 2.38. The molecular formula is C26H26N4O3. The first-order valence-corrected chi connectivity index (χ1v) is 11.1. The lowest BCUT2D eigenvalue weighted by molar-refractivity contribution is 0.214. The van der Waals surface area contributed by atoms with Crippen LogP contribution in [-0.2, 0) is 0 Å². The number of nitrogens with zero attached hydrogens (tertiary/aromatic N) is 3. The lowest BCUT2D eigenvalue weighted by atomic mass is 10.1. The average Bonchev–Trinajstić information content (AvgIpc) is 3.19. The minimum Gasteiger partial charge on any atom is -0.495 e. The number of anilines is 1. The van der Waals surface area contributed by atoms with Crippen LogP contribution in [0.2, 0.25) is 0 Å². The van der Waals surface area contributed by atoms with Crippen molar-refractivity contribution in [2.75, 3.05) is 38.6 Å². The predicted molar refractivity (Wildman–Crippen MR) is 129 cm³/mol. The van der Waals surface area contributed by atoms with Gasteiger partial charge in [-0.25, -0.2) is 9.79 Å². The lowest BCUT2D eigenvalue weighted by Gasteiger charge is -2.25. The molecule has 1 saturated heterocycles. The van der Waals surface area contributed by atoms with Crippen molar-refractivity contribution in [2.45, 2.75) is 6.42 Å². The minimum absolute atomic E-state index is 0.127. The zero-order chi connectivity index (χ0) is 22.6. The molecule has 2 heterocycles. The average molecular weight is 443 g/mol. The number of urea groups is 1. The Labute approximate surface area is 193 Å². The summed E-state index contributed by atoms with van der Waals surface area (Å²) in [5.74, 6) is 3.05. The Kier molecular flexibility index (Phi) is 5.85. The number of ether oxygens (including phenoxy) is 2. The van der Waals surface area contributed by atoms with E-state index in [4.69, 9.17) is 14.5 Å². The van der Waals surface area contributed by atoms with Crippen LogP contribution >= 0.6 is 0 Å². The number of amides is 2. The van der Waals surface area contributed by atoms with E-state index in [9.17, 15) is 4.79 Å². The van der Waals surface area contributed by atoms with Crippen LogP contribution in [0.15, 0.2) is 77.8 Å². The van der Waals surface area contributed by atoms with Crippen molar-refractivity contribution in [2.24, 2.45) is 4.99 Å². The summed E-state index contributed by atoms with van der Waals surface area (Å²) in [6, 6.07) is 23.1. The second-order valence-corrected chi connectivity index (χ2v) is 7.96. The fraction of sp³-hybridized carbons (Fsp3) is 0.231. The van der Waals surface area contributed by atoms with Gasteiger partial charge in [0, 0.05) is 26.2 Å². The molecule has 7 heteroatoms. The molecule has 7 nitrogen and oxygen atoms in total. The summed E-state index contributed by atoms with van der Waals surface area (Å²) in [6.45, 7) is 2.73. The van der Waals surface area contributed by atoms with Gasteiger partial charge in [-0.2, -0.15) is 0 Å². The van der Waals surface area contributed by atoms with Crippen molar-refractivity contribution < 1.29 is 14.3 Å². The van der Waals surface area contributed by atoms with Gasteiger partial charge in [-0.15, -0.1) is 0 Å². The van der Waals surface area contributed by atoms with Crippen LogP contribution in [0.3, 0.4) is 0 Å². The van der Waals surface area contributed by atoms with Crippen LogP contribution in [-0.4, -0.2) is 55.0 Å². The summed E-state index contributed by atoms with van der Waals surface area (Å²) in [5.41, 5.74) is 2.43. The van der Waals surface area contributed by atoms with Gasteiger partial charge in [0.2, 0.25) is 0 Å². The number of carbonyl (C=O) groups excluding carboxylic acids is 1. The van der Waals surface area contributed by atoms with E-state index in [0.717, 1.165) is 41.6 Å². The molecule has 0 aliphatic carbocycles. The predicted octanol–water partition coefficient (Wildman–Crippen LogP) is 5.12. The molecule has 3 aromatic rings. The molecule has 1 fully saturated rings. The minimum atomic E-state index is -0.127. The van der Waals surface area contributed by atoms with Gasteiger partial charge in [-0.05, 0) is 42.8 Å². The summed E-state index contributed by atoms with van der Waals surface area (Å²) in [4.78, 5) is 22.1. The van der Waals surface area contributed by atoms with Crippen LogP contribution in [0.25, 0.3) is 0 Å². The van der Waals surface area contributed by atoms with E-state index in [0.29, 0.717) is 31.1 Å². The Hall–Kier alpha value is -4.00. The van der Waals surface area contributed by atoms with Gasteiger partial charge in [0.25, 0.3) is 0 Å². The van der Waals surface area contributed by atoms with Crippen LogP contribution in [0.4, 0.5) is 16.2 Å². The third kappa shape index (κ3) is 4.35. The van der Waals surface area contributed by atoms with E-state index >= 15 is 0 Å². The maximum Gasteiger partial charge on any atom is 0.322 e. The molecule has 2 aliphatic rings. The fourth-order valence-corrected chi connectivity index (χ4v) is 4.18. The summed E-state index contributed by atoms with van der Waals surface area (Å²) in [6.07, 6.45) is 0.836. The van der Waals surface area contributed by atoms with E-state index in [1.54, 1.807) is 7.11 Å². The molecule has 0 atom stereocenters. The smallest absolute Gasteiger partial charge is 0.322 e. The molecule has 0 radical (unpaired) electrons. The first kappa shape index (κ1) is 20.9. The monoisotopic (exact) mass is 442 g/mol. The lowest BCUT2D eigenvalue weighted by Crippen LogP contribution is -2.39. The molecule has 3 aromatic carbocycles. The van der Waals surface area contributed by atoms with Gasteiger partial charge < -0.3 is 24.6 Å². The zero-order valence-corrected chi connectivity index (χ0v) is 18.5. The standard InChI is InChI=1S/C26H26N4O3/c1-32-23-13-6-3-10-20(23)28-26(31)30-16-8-15-29(17-18-30)25-19-9-2-5-12-22(19)33-24-14-7-4-11-21(24)27-25/h2-7,9-14H,8,15-18H2,1H3,(H,28,31). The molecular weight excluding hydrogens is 416 g/mol. The SMILES string of the molecule is COc1ccccc1NC(=O)N1CCCN(C2=Nc3ccccc3Oc3ccccc32)CC1. The van der Waals surface area contributed by atoms with E-state index < -0.39 is 0 Å². The van der Waals surface area contributed by atoms with Crippen LogP contribution in [0, 0.1) is 0 Å². The molecule has 168 valence electrons. The molecule has 2 aliphatic heterocycles. The Bertz CT molecular complexity index is 1190. The number of methoxy groups -OCH3 is 1. The normalized spacial score (nSPS) is 15.2. The van der Waals surface area contributed by atoms with Crippen molar-refractivity contribution in [1.82, 2.24) is 9.80 Å². The number of para-hydroxylation sites is 5. The van der Waals surface area contributed by atoms with Crippen LogP contribution in [0.5, 0.6) is 17.2 Å². The molecule has 0 saturated carbocycles. The van der Waals surface area contributed by atoms with Crippen LogP contribution < -0.4 is 14.8 Å². The van der Waals surface area contributed by atoms with Gasteiger partial charge in [0.05, 0.1) is 18.4 Å². The number of benzene rings is 3. The van der Waals surface area contributed by atoms with Gasteiger partial charge >= 0.3 is 6.03 Å². The third-order valence-corrected chi connectivity index (χ3v) is 5.87. The first-order valence-electron chi connectivity index (χ1n) is 11.1. The number of hydrogen-bond donors (Lipinski definition) is 1. The summed E-state index contributed by atoms with van der Waals surface area (Å²) < 4.78 is 11.5. The third-order valence-electron chi connectivity index (χ3n) is 5.87. The maximum atomic E-state index is 13.0. The van der Waals surface area contributed by atoms with E-state index in [-0.39, 0.29) is 6.03 Å². The number of nitrogens with one attached hydrogen (secondary N) is 1. The summed E-state index contributed by atoms with van der Waals surface area (Å²) in [7, 11) is 1.60.